The second-order valence-electron chi connectivity index (χ2n) is 2.50. The number of nitrogens with two attached hydrogens (primary N) is 1. The van der Waals surface area contributed by atoms with Gasteiger partial charge in [0.1, 0.15) is 0 Å². The van der Waals surface area contributed by atoms with Gasteiger partial charge in [-0.15, -0.1) is 0 Å². The van der Waals surface area contributed by atoms with Crippen LogP contribution in [-0.2, 0) is 4.79 Å². The van der Waals surface area contributed by atoms with Gasteiger partial charge in [0.2, 0.25) is 5.91 Å². The normalized spacial score (nSPS) is 10.0. The SMILES string of the molecule is NCC(=O)Nc1cc(Cl)c(Cl)cc1Cl. The molecule has 1 aromatic rings. The summed E-state index contributed by atoms with van der Waals surface area (Å²) in [5.74, 6) is -0.342. The minimum atomic E-state index is -0.342. The number of carbonyl (C=O) groups is 1. The van der Waals surface area contributed by atoms with Crippen molar-refractivity contribution in [1.29, 1.82) is 0 Å². The number of anilines is 1. The van der Waals surface area contributed by atoms with Gasteiger partial charge in [-0.1, -0.05) is 34.8 Å². The van der Waals surface area contributed by atoms with Crippen molar-refractivity contribution in [3.05, 3.63) is 27.2 Å². The van der Waals surface area contributed by atoms with E-state index < -0.39 is 0 Å². The molecule has 0 atom stereocenters. The monoisotopic (exact) mass is 252 g/mol. The van der Waals surface area contributed by atoms with Crippen LogP contribution in [0.5, 0.6) is 0 Å². The van der Waals surface area contributed by atoms with Crippen LogP contribution in [-0.4, -0.2) is 12.5 Å². The van der Waals surface area contributed by atoms with Crippen molar-refractivity contribution in [2.24, 2.45) is 5.73 Å². The summed E-state index contributed by atoms with van der Waals surface area (Å²) in [5.41, 5.74) is 5.52. The minimum Gasteiger partial charge on any atom is -0.324 e. The van der Waals surface area contributed by atoms with E-state index in [-0.39, 0.29) is 12.5 Å². The van der Waals surface area contributed by atoms with E-state index in [0.29, 0.717) is 20.8 Å². The van der Waals surface area contributed by atoms with E-state index >= 15 is 0 Å². The van der Waals surface area contributed by atoms with Crippen LogP contribution in [0.4, 0.5) is 5.69 Å². The smallest absolute Gasteiger partial charge is 0.238 e. The predicted molar refractivity (Wildman–Crippen MR) is 59.2 cm³/mol. The van der Waals surface area contributed by atoms with Crippen molar-refractivity contribution in [2.45, 2.75) is 0 Å². The van der Waals surface area contributed by atoms with Crippen molar-refractivity contribution in [2.75, 3.05) is 11.9 Å². The molecule has 0 unspecified atom stereocenters. The van der Waals surface area contributed by atoms with Crippen LogP contribution in [0.3, 0.4) is 0 Å². The third kappa shape index (κ3) is 2.75. The number of hydrogen-bond donors (Lipinski definition) is 2. The lowest BCUT2D eigenvalue weighted by atomic mass is 10.3. The molecule has 0 spiro atoms. The molecule has 0 fully saturated rings. The Labute approximate surface area is 96.1 Å². The van der Waals surface area contributed by atoms with Gasteiger partial charge in [-0.05, 0) is 12.1 Å². The fourth-order valence-electron chi connectivity index (χ4n) is 0.820. The largest absolute Gasteiger partial charge is 0.324 e. The second-order valence-corrected chi connectivity index (χ2v) is 3.72. The molecule has 0 aromatic heterocycles. The molecule has 3 nitrogen and oxygen atoms in total. The first-order chi connectivity index (χ1) is 6.54. The topological polar surface area (TPSA) is 55.1 Å². The van der Waals surface area contributed by atoms with Crippen LogP contribution < -0.4 is 11.1 Å². The first-order valence-corrected chi connectivity index (χ1v) is 4.82. The number of hydrogen-bond acceptors (Lipinski definition) is 2. The van der Waals surface area contributed by atoms with E-state index in [2.05, 4.69) is 5.32 Å². The molecule has 6 heteroatoms. The summed E-state index contributed by atoms with van der Waals surface area (Å²) in [6.45, 7) is -0.115. The Kier molecular flexibility index (Phi) is 4.01. The highest BCUT2D eigenvalue weighted by molar-refractivity contribution is 6.44. The van der Waals surface area contributed by atoms with Gasteiger partial charge in [-0.3, -0.25) is 4.79 Å². The van der Waals surface area contributed by atoms with Crippen LogP contribution in [0.15, 0.2) is 12.1 Å². The summed E-state index contributed by atoms with van der Waals surface area (Å²) < 4.78 is 0. The van der Waals surface area contributed by atoms with Gasteiger partial charge < -0.3 is 11.1 Å². The summed E-state index contributed by atoms with van der Waals surface area (Å²) in [6, 6.07) is 2.93. The van der Waals surface area contributed by atoms with E-state index in [4.69, 9.17) is 40.5 Å². The van der Waals surface area contributed by atoms with Crippen molar-refractivity contribution < 1.29 is 4.79 Å². The van der Waals surface area contributed by atoms with Gasteiger partial charge >= 0.3 is 0 Å². The maximum Gasteiger partial charge on any atom is 0.238 e. The van der Waals surface area contributed by atoms with E-state index in [9.17, 15) is 4.79 Å². The zero-order chi connectivity index (χ0) is 10.7. The Morgan fingerprint density at radius 1 is 1.21 bits per heavy atom. The third-order valence-electron chi connectivity index (χ3n) is 1.47. The fraction of sp³-hybridized carbons (Fsp3) is 0.125. The van der Waals surface area contributed by atoms with Crippen molar-refractivity contribution in [3.63, 3.8) is 0 Å². The Morgan fingerprint density at radius 3 is 2.36 bits per heavy atom. The predicted octanol–water partition coefficient (Wildman–Crippen LogP) is 2.54. The first kappa shape index (κ1) is 11.6. The summed E-state index contributed by atoms with van der Waals surface area (Å²) in [6.07, 6.45) is 0. The molecule has 1 aromatic carbocycles. The molecule has 14 heavy (non-hydrogen) atoms. The molecule has 1 amide bonds. The van der Waals surface area contributed by atoms with Crippen LogP contribution in [0.1, 0.15) is 0 Å². The molecule has 0 radical (unpaired) electrons. The average molecular weight is 254 g/mol. The molecule has 0 aliphatic heterocycles. The molecular weight excluding hydrogens is 246 g/mol. The van der Waals surface area contributed by atoms with Gasteiger partial charge in [-0.2, -0.15) is 0 Å². The van der Waals surface area contributed by atoms with E-state index in [1.54, 1.807) is 0 Å². The lowest BCUT2D eigenvalue weighted by Gasteiger charge is -2.07. The van der Waals surface area contributed by atoms with Crippen LogP contribution >= 0.6 is 34.8 Å². The van der Waals surface area contributed by atoms with E-state index in [0.717, 1.165) is 0 Å². The lowest BCUT2D eigenvalue weighted by Crippen LogP contribution is -2.21. The van der Waals surface area contributed by atoms with Crippen molar-refractivity contribution in [3.8, 4) is 0 Å². The average Bonchev–Trinajstić information content (AvgIpc) is 2.14. The van der Waals surface area contributed by atoms with Crippen molar-refractivity contribution in [1.82, 2.24) is 0 Å². The number of halogens is 3. The number of rotatable bonds is 2. The fourth-order valence-corrected chi connectivity index (χ4v) is 1.41. The zero-order valence-corrected chi connectivity index (χ0v) is 9.25. The molecule has 76 valence electrons. The molecule has 1 rings (SSSR count). The number of benzene rings is 1. The minimum absolute atomic E-state index is 0.115. The highest BCUT2D eigenvalue weighted by Gasteiger charge is 2.07. The van der Waals surface area contributed by atoms with E-state index in [1.807, 2.05) is 0 Å². The molecule has 0 aliphatic carbocycles. The lowest BCUT2D eigenvalue weighted by molar-refractivity contribution is -0.114. The Morgan fingerprint density at radius 2 is 1.79 bits per heavy atom. The van der Waals surface area contributed by atoms with Gasteiger partial charge in [0, 0.05) is 0 Å². The van der Waals surface area contributed by atoms with Crippen LogP contribution in [0.2, 0.25) is 15.1 Å². The maximum atomic E-state index is 11.0. The van der Waals surface area contributed by atoms with Crippen LogP contribution in [0, 0.1) is 0 Å². The molecule has 3 N–H and O–H groups in total. The Hall–Kier alpha value is -0.480. The Balaban J connectivity index is 2.98. The third-order valence-corrected chi connectivity index (χ3v) is 2.50. The maximum absolute atomic E-state index is 11.0. The molecular formula is C8H7Cl3N2O. The standard InChI is InChI=1S/C8H7Cl3N2O/c9-4-1-6(11)7(2-5(4)10)13-8(14)3-12/h1-2H,3,12H2,(H,13,14). The number of nitrogens with one attached hydrogen (secondary N) is 1. The summed E-state index contributed by atoms with van der Waals surface area (Å²) >= 11 is 17.2. The van der Waals surface area contributed by atoms with Gasteiger partial charge in [-0.25, -0.2) is 0 Å². The quantitative estimate of drug-likeness (QED) is 0.796. The van der Waals surface area contributed by atoms with Crippen LogP contribution in [0.25, 0.3) is 0 Å². The van der Waals surface area contributed by atoms with E-state index in [1.165, 1.54) is 12.1 Å². The number of carbonyl (C=O) groups excluding carboxylic acids is 1. The summed E-state index contributed by atoms with van der Waals surface area (Å²) in [7, 11) is 0. The molecule has 0 saturated carbocycles. The number of amides is 1. The Bertz CT molecular complexity index is 368. The molecule has 0 bridgehead atoms. The summed E-state index contributed by atoms with van der Waals surface area (Å²) in [5, 5.41) is 3.47. The summed E-state index contributed by atoms with van der Waals surface area (Å²) in [4.78, 5) is 11.0. The van der Waals surface area contributed by atoms with Gasteiger partial charge in [0.15, 0.2) is 0 Å². The molecule has 0 aliphatic rings. The molecule has 0 saturated heterocycles. The van der Waals surface area contributed by atoms with Gasteiger partial charge in [0.25, 0.3) is 0 Å². The second kappa shape index (κ2) is 4.84. The van der Waals surface area contributed by atoms with Gasteiger partial charge in [0.05, 0.1) is 27.3 Å². The molecule has 0 heterocycles. The highest BCUT2D eigenvalue weighted by Crippen LogP contribution is 2.31. The zero-order valence-electron chi connectivity index (χ0n) is 6.98. The highest BCUT2D eigenvalue weighted by atomic mass is 35.5. The van der Waals surface area contributed by atoms with Crippen molar-refractivity contribution >= 4 is 46.4 Å². The first-order valence-electron chi connectivity index (χ1n) is 3.69.